The zero-order valence-electron chi connectivity index (χ0n) is 25.2. The lowest BCUT2D eigenvalue weighted by molar-refractivity contribution is 0.0391. The molecule has 1 atom stereocenters. The smallest absolute Gasteiger partial charge is 0.204 e. The van der Waals surface area contributed by atoms with Gasteiger partial charge in [-0.15, -0.1) is 0 Å². The van der Waals surface area contributed by atoms with Gasteiger partial charge >= 0.3 is 0 Å². The standard InChI is InChI=1S/C31H64O3Si/c1-9-11-13-14-15-16-17-18-19-20-21-22-23-24-25-33-28-29(27-32)34-35(26-12-10-2,30(3,4)5)31(6,7)8/h24-25,29,32H,9-23,26-28H2,1-8H3/b25-24-. The third-order valence-corrected chi connectivity index (χ3v) is 14.2. The van der Waals surface area contributed by atoms with E-state index in [1.807, 2.05) is 6.26 Å². The van der Waals surface area contributed by atoms with Gasteiger partial charge in [0.15, 0.2) is 0 Å². The van der Waals surface area contributed by atoms with Crippen LogP contribution < -0.4 is 0 Å². The van der Waals surface area contributed by atoms with E-state index in [1.54, 1.807) is 0 Å². The average molecular weight is 513 g/mol. The molecule has 0 saturated carbocycles. The van der Waals surface area contributed by atoms with Crippen molar-refractivity contribution in [2.45, 2.75) is 174 Å². The van der Waals surface area contributed by atoms with Crippen molar-refractivity contribution >= 4 is 8.32 Å². The Balaban J connectivity index is 4.22. The van der Waals surface area contributed by atoms with Gasteiger partial charge in [0.2, 0.25) is 8.32 Å². The van der Waals surface area contributed by atoms with Crippen LogP contribution in [0.4, 0.5) is 0 Å². The van der Waals surface area contributed by atoms with Gasteiger partial charge in [0.1, 0.15) is 12.7 Å². The second-order valence-electron chi connectivity index (χ2n) is 12.7. The summed E-state index contributed by atoms with van der Waals surface area (Å²) in [5.41, 5.74) is 0. The molecular weight excluding hydrogens is 448 g/mol. The number of hydrogen-bond acceptors (Lipinski definition) is 3. The molecular formula is C31H64O3Si. The van der Waals surface area contributed by atoms with E-state index in [9.17, 15) is 5.11 Å². The Bertz CT molecular complexity index is 490. The van der Waals surface area contributed by atoms with Gasteiger partial charge in [-0.3, -0.25) is 0 Å². The normalized spacial score (nSPS) is 14.1. The van der Waals surface area contributed by atoms with Crippen molar-refractivity contribution in [3.05, 3.63) is 12.3 Å². The Morgan fingerprint density at radius 1 is 0.686 bits per heavy atom. The van der Waals surface area contributed by atoms with Crippen molar-refractivity contribution < 1.29 is 14.3 Å². The molecule has 35 heavy (non-hydrogen) atoms. The lowest BCUT2D eigenvalue weighted by Crippen LogP contribution is -2.57. The van der Waals surface area contributed by atoms with E-state index >= 15 is 0 Å². The number of aliphatic hydroxyl groups excluding tert-OH is 1. The predicted octanol–water partition coefficient (Wildman–Crippen LogP) is 10.3. The molecule has 0 amide bonds. The van der Waals surface area contributed by atoms with E-state index in [-0.39, 0.29) is 22.8 Å². The van der Waals surface area contributed by atoms with Crippen LogP contribution in [0.15, 0.2) is 12.3 Å². The average Bonchev–Trinajstić information content (AvgIpc) is 2.78. The Morgan fingerprint density at radius 2 is 1.14 bits per heavy atom. The van der Waals surface area contributed by atoms with Gasteiger partial charge in [-0.05, 0) is 35.0 Å². The van der Waals surface area contributed by atoms with Gasteiger partial charge in [-0.1, -0.05) is 139 Å². The first kappa shape index (κ1) is 34.7. The van der Waals surface area contributed by atoms with E-state index in [4.69, 9.17) is 9.16 Å². The van der Waals surface area contributed by atoms with Gasteiger partial charge in [-0.25, -0.2) is 0 Å². The highest BCUT2D eigenvalue weighted by atomic mass is 28.4. The summed E-state index contributed by atoms with van der Waals surface area (Å²) < 4.78 is 12.7. The first-order chi connectivity index (χ1) is 16.6. The van der Waals surface area contributed by atoms with E-state index in [1.165, 1.54) is 89.9 Å². The fraction of sp³-hybridized carbons (Fsp3) is 0.935. The SMILES string of the molecule is CCCCCCCCCCCCCC/C=C\OCC(CO)O[Si](CCCC)(C(C)(C)C)C(C)(C)C. The molecule has 0 heterocycles. The highest BCUT2D eigenvalue weighted by molar-refractivity contribution is 6.79. The minimum Gasteiger partial charge on any atom is -0.499 e. The molecule has 210 valence electrons. The Hall–Kier alpha value is -0.323. The molecule has 1 N–H and O–H groups in total. The first-order valence-corrected chi connectivity index (χ1v) is 17.2. The van der Waals surface area contributed by atoms with Gasteiger partial charge in [0.05, 0.1) is 12.9 Å². The molecule has 0 aliphatic heterocycles. The fourth-order valence-corrected chi connectivity index (χ4v) is 11.7. The molecule has 0 saturated heterocycles. The lowest BCUT2D eigenvalue weighted by Gasteiger charge is -2.52. The van der Waals surface area contributed by atoms with Crippen molar-refractivity contribution in [2.75, 3.05) is 13.2 Å². The van der Waals surface area contributed by atoms with E-state index in [0.29, 0.717) is 6.61 Å². The Morgan fingerprint density at radius 3 is 1.57 bits per heavy atom. The molecule has 0 spiro atoms. The molecule has 1 unspecified atom stereocenters. The summed E-state index contributed by atoms with van der Waals surface area (Å²) >= 11 is 0. The van der Waals surface area contributed by atoms with Crippen LogP contribution in [0, 0.1) is 0 Å². The number of ether oxygens (including phenoxy) is 1. The molecule has 0 fully saturated rings. The van der Waals surface area contributed by atoms with E-state index in [0.717, 1.165) is 12.5 Å². The maximum Gasteiger partial charge on any atom is 0.204 e. The van der Waals surface area contributed by atoms with E-state index < -0.39 is 8.32 Å². The van der Waals surface area contributed by atoms with Gasteiger partial charge in [0.25, 0.3) is 0 Å². The summed E-state index contributed by atoms with van der Waals surface area (Å²) in [6, 6.07) is 1.13. The summed E-state index contributed by atoms with van der Waals surface area (Å²) in [6.07, 6.45) is 23.7. The molecule has 0 aliphatic carbocycles. The summed E-state index contributed by atoms with van der Waals surface area (Å²) in [7, 11) is -2.18. The molecule has 0 aromatic carbocycles. The van der Waals surface area contributed by atoms with Crippen LogP contribution in [0.2, 0.25) is 16.1 Å². The number of unbranched alkanes of at least 4 members (excludes halogenated alkanes) is 13. The number of aliphatic hydroxyl groups is 1. The second kappa shape index (κ2) is 19.7. The van der Waals surface area contributed by atoms with Crippen LogP contribution in [0.1, 0.15) is 152 Å². The largest absolute Gasteiger partial charge is 0.499 e. The Kier molecular flexibility index (Phi) is 19.6. The summed E-state index contributed by atoms with van der Waals surface area (Å²) in [4.78, 5) is 0. The zero-order chi connectivity index (χ0) is 26.6. The zero-order valence-corrected chi connectivity index (χ0v) is 26.2. The first-order valence-electron chi connectivity index (χ1n) is 15.1. The third kappa shape index (κ3) is 14.9. The second-order valence-corrected chi connectivity index (χ2v) is 18.1. The lowest BCUT2D eigenvalue weighted by atomic mass is 10.0. The molecule has 0 aromatic rings. The monoisotopic (exact) mass is 512 g/mol. The molecule has 0 aliphatic rings. The van der Waals surface area contributed by atoms with Crippen LogP contribution in [0.3, 0.4) is 0 Å². The molecule has 0 bridgehead atoms. The topological polar surface area (TPSA) is 38.7 Å². The molecule has 0 radical (unpaired) electrons. The third-order valence-electron chi connectivity index (χ3n) is 7.58. The van der Waals surface area contributed by atoms with Crippen LogP contribution in [-0.2, 0) is 9.16 Å². The van der Waals surface area contributed by atoms with Gasteiger partial charge in [0, 0.05) is 0 Å². The van der Waals surface area contributed by atoms with Crippen LogP contribution >= 0.6 is 0 Å². The highest BCUT2D eigenvalue weighted by Crippen LogP contribution is 2.55. The van der Waals surface area contributed by atoms with Gasteiger partial charge < -0.3 is 14.3 Å². The van der Waals surface area contributed by atoms with Crippen LogP contribution in [-0.4, -0.2) is 32.7 Å². The fourth-order valence-electron chi connectivity index (χ4n) is 5.52. The van der Waals surface area contributed by atoms with Crippen molar-refractivity contribution in [3.8, 4) is 0 Å². The summed E-state index contributed by atoms with van der Waals surface area (Å²) in [6.45, 7) is 18.9. The van der Waals surface area contributed by atoms with E-state index in [2.05, 4.69) is 61.5 Å². The number of allylic oxidation sites excluding steroid dienone is 1. The quantitative estimate of drug-likeness (QED) is 0.0890. The highest BCUT2D eigenvalue weighted by Gasteiger charge is 2.55. The van der Waals surface area contributed by atoms with Crippen LogP contribution in [0.25, 0.3) is 0 Å². The van der Waals surface area contributed by atoms with Crippen molar-refractivity contribution in [1.29, 1.82) is 0 Å². The molecule has 4 heteroatoms. The van der Waals surface area contributed by atoms with Crippen molar-refractivity contribution in [2.24, 2.45) is 0 Å². The minimum atomic E-state index is -2.18. The number of rotatable bonds is 22. The molecule has 0 aromatic heterocycles. The minimum absolute atomic E-state index is 0.0135. The van der Waals surface area contributed by atoms with Crippen molar-refractivity contribution in [3.63, 3.8) is 0 Å². The summed E-state index contributed by atoms with van der Waals surface area (Å²) in [5.74, 6) is 0. The molecule has 0 rings (SSSR count). The maximum atomic E-state index is 10.1. The van der Waals surface area contributed by atoms with Crippen molar-refractivity contribution in [1.82, 2.24) is 0 Å². The predicted molar refractivity (Wildman–Crippen MR) is 158 cm³/mol. The van der Waals surface area contributed by atoms with Crippen LogP contribution in [0.5, 0.6) is 0 Å². The number of hydrogen-bond donors (Lipinski definition) is 1. The van der Waals surface area contributed by atoms with Gasteiger partial charge in [-0.2, -0.15) is 0 Å². The summed E-state index contributed by atoms with van der Waals surface area (Å²) in [5, 5.41) is 10.3. The Labute approximate surface area is 222 Å². The maximum absolute atomic E-state index is 10.1. The molecule has 3 nitrogen and oxygen atoms in total.